The third-order valence-electron chi connectivity index (χ3n) is 3.59. The predicted octanol–water partition coefficient (Wildman–Crippen LogP) is 1.18. The van der Waals surface area contributed by atoms with Gasteiger partial charge in [0.15, 0.2) is 0 Å². The number of rotatable bonds is 7. The zero-order valence-electron chi connectivity index (χ0n) is 14.3. The van der Waals surface area contributed by atoms with Gasteiger partial charge in [-0.1, -0.05) is 0 Å². The molecule has 142 valence electrons. The van der Waals surface area contributed by atoms with E-state index in [1.807, 2.05) is 0 Å². The second-order valence-corrected chi connectivity index (χ2v) is 9.12. The van der Waals surface area contributed by atoms with E-state index in [0.717, 1.165) is 4.88 Å². The summed E-state index contributed by atoms with van der Waals surface area (Å²) in [6.07, 6.45) is 0.719. The summed E-state index contributed by atoms with van der Waals surface area (Å²) in [5, 5.41) is 2.62. The van der Waals surface area contributed by atoms with Crippen molar-refractivity contribution in [2.24, 2.45) is 5.41 Å². The number of hydrogen-bond acceptors (Lipinski definition) is 9. The number of nitrogens with zero attached hydrogens (tertiary/aromatic N) is 1. The number of esters is 1. The van der Waals surface area contributed by atoms with E-state index in [4.69, 9.17) is 18.3 Å². The van der Waals surface area contributed by atoms with Crippen LogP contribution < -0.4 is 5.32 Å². The molecule has 9 nitrogen and oxygen atoms in total. The first-order valence-corrected chi connectivity index (χ1v) is 10.2. The van der Waals surface area contributed by atoms with Gasteiger partial charge in [0.1, 0.15) is 0 Å². The molecule has 2 heterocycles. The summed E-state index contributed by atoms with van der Waals surface area (Å²) in [6, 6.07) is 0. The maximum atomic E-state index is 12.3. The number of hydrogen-bond donors (Lipinski definition) is 2. The number of carbonyl (C=O) groups excluding carboxylic acids is 2. The van der Waals surface area contributed by atoms with Crippen molar-refractivity contribution >= 4 is 31.4 Å². The summed E-state index contributed by atoms with van der Waals surface area (Å²) in [6.45, 7) is 3.96. The molecule has 2 N–H and O–H groups in total. The van der Waals surface area contributed by atoms with Gasteiger partial charge in [0.25, 0.3) is 0 Å². The second kappa shape index (κ2) is 8.48. The Kier molecular flexibility index (Phi) is 6.84. The first-order valence-electron chi connectivity index (χ1n) is 7.66. The van der Waals surface area contributed by atoms with E-state index in [2.05, 4.69) is 10.3 Å². The molecule has 1 aromatic heterocycles. The van der Waals surface area contributed by atoms with Crippen LogP contribution in [-0.2, 0) is 34.5 Å². The number of ether oxygens (including phenoxy) is 1. The second-order valence-electron chi connectivity index (χ2n) is 6.17. The van der Waals surface area contributed by atoms with E-state index in [-0.39, 0.29) is 26.2 Å². The molecule has 0 radical (unpaired) electrons. The Morgan fingerprint density at radius 3 is 2.96 bits per heavy atom. The molecule has 1 aliphatic heterocycles. The number of thiazole rings is 1. The molecule has 0 unspecified atom stereocenters. The van der Waals surface area contributed by atoms with Gasteiger partial charge in [0, 0.05) is 0 Å². The minimum atomic E-state index is -3.79. The molecule has 2 rings (SSSR count). The normalized spacial score (nSPS) is 22.8. The van der Waals surface area contributed by atoms with Gasteiger partial charge in [-0.2, -0.15) is 0 Å². The fourth-order valence-electron chi connectivity index (χ4n) is 2.13. The van der Waals surface area contributed by atoms with Crippen molar-refractivity contribution in [2.45, 2.75) is 33.0 Å². The molecule has 11 heteroatoms. The van der Waals surface area contributed by atoms with Crippen LogP contribution in [0.5, 0.6) is 0 Å². The molecule has 1 aromatic rings. The molecule has 1 aliphatic rings. The number of aromatic nitrogens is 1. The standard InChI is InChI=1S/C14H23N2O7PS/c1-14(2)8-22-24(19,20-3)23-12(14)13(18)16-5-4-11(17)21-7-10-6-15-9-25-10/h6,9,12,19,24H,4-5,7-8H2,1-3H3,(H,16,18)/t12-/m0/s1. The SMILES string of the molecule is CO[PH]1(O)OCC(C)(C)[C@H](C(=O)NCCC(=O)OCc2cncs2)O1. The van der Waals surface area contributed by atoms with Gasteiger partial charge in [-0.25, -0.2) is 0 Å². The molecule has 1 saturated heterocycles. The number of amides is 1. The van der Waals surface area contributed by atoms with Gasteiger partial charge in [0.2, 0.25) is 0 Å². The first kappa shape index (κ1) is 20.2. The van der Waals surface area contributed by atoms with Crippen molar-refractivity contribution in [1.29, 1.82) is 0 Å². The van der Waals surface area contributed by atoms with Crippen LogP contribution in [-0.4, -0.2) is 48.1 Å². The fraction of sp³-hybridized carbons (Fsp3) is 0.643. The van der Waals surface area contributed by atoms with E-state index < -0.39 is 31.6 Å². The summed E-state index contributed by atoms with van der Waals surface area (Å²) in [7, 11) is -2.52. The summed E-state index contributed by atoms with van der Waals surface area (Å²) in [5.41, 5.74) is 1.01. The predicted molar refractivity (Wildman–Crippen MR) is 91.7 cm³/mol. The van der Waals surface area contributed by atoms with Crippen LogP contribution in [0.15, 0.2) is 11.7 Å². The van der Waals surface area contributed by atoms with Crippen molar-refractivity contribution in [1.82, 2.24) is 10.3 Å². The minimum absolute atomic E-state index is 0.0279. The summed E-state index contributed by atoms with van der Waals surface area (Å²) >= 11 is 1.40. The molecule has 0 spiro atoms. The third kappa shape index (κ3) is 5.67. The van der Waals surface area contributed by atoms with Gasteiger partial charge in [0.05, 0.1) is 0 Å². The zero-order chi connectivity index (χ0) is 18.5. The molecule has 25 heavy (non-hydrogen) atoms. The van der Waals surface area contributed by atoms with Crippen LogP contribution in [0.25, 0.3) is 0 Å². The Balaban J connectivity index is 1.77. The Bertz CT molecular complexity index is 598. The third-order valence-corrected chi connectivity index (χ3v) is 5.90. The van der Waals surface area contributed by atoms with Crippen LogP contribution in [0.3, 0.4) is 0 Å². The quantitative estimate of drug-likeness (QED) is 0.523. The Labute approximate surface area is 150 Å². The van der Waals surface area contributed by atoms with Crippen molar-refractivity contribution in [3.63, 3.8) is 0 Å². The molecule has 1 amide bonds. The molecule has 1 fully saturated rings. The van der Waals surface area contributed by atoms with Gasteiger partial charge >= 0.3 is 150 Å². The summed E-state index contributed by atoms with van der Waals surface area (Å²) in [4.78, 5) is 38.8. The van der Waals surface area contributed by atoms with Gasteiger partial charge in [-0.05, 0) is 0 Å². The van der Waals surface area contributed by atoms with Crippen LogP contribution in [0, 0.1) is 5.41 Å². The molecule has 0 saturated carbocycles. The first-order chi connectivity index (χ1) is 11.8. The molecule has 0 bridgehead atoms. The molecular formula is C14H23N2O7PS. The average Bonchev–Trinajstić information content (AvgIpc) is 3.09. The topological polar surface area (TPSA) is 116 Å². The monoisotopic (exact) mass is 394 g/mol. The van der Waals surface area contributed by atoms with Crippen LogP contribution >= 0.6 is 19.5 Å². The zero-order valence-corrected chi connectivity index (χ0v) is 16.1. The van der Waals surface area contributed by atoms with Crippen LogP contribution in [0.4, 0.5) is 0 Å². The average molecular weight is 394 g/mol. The van der Waals surface area contributed by atoms with E-state index in [9.17, 15) is 14.5 Å². The molecule has 1 atom stereocenters. The van der Waals surface area contributed by atoms with Gasteiger partial charge < -0.3 is 0 Å². The molecule has 0 aromatic carbocycles. The Morgan fingerprint density at radius 1 is 1.56 bits per heavy atom. The Morgan fingerprint density at radius 2 is 2.32 bits per heavy atom. The molecule has 0 aliphatic carbocycles. The van der Waals surface area contributed by atoms with E-state index in [1.54, 1.807) is 25.6 Å². The van der Waals surface area contributed by atoms with Crippen LogP contribution in [0.1, 0.15) is 25.1 Å². The summed E-state index contributed by atoms with van der Waals surface area (Å²) < 4.78 is 20.5. The van der Waals surface area contributed by atoms with Crippen molar-refractivity contribution in [3.05, 3.63) is 16.6 Å². The van der Waals surface area contributed by atoms with E-state index >= 15 is 0 Å². The summed E-state index contributed by atoms with van der Waals surface area (Å²) in [5.74, 6) is -0.866. The molecular weight excluding hydrogens is 371 g/mol. The van der Waals surface area contributed by atoms with E-state index in [0.29, 0.717) is 0 Å². The number of nitrogens with one attached hydrogen (secondary N) is 1. The van der Waals surface area contributed by atoms with Crippen molar-refractivity contribution < 1.29 is 32.8 Å². The number of carbonyl (C=O) groups is 2. The maximum absolute atomic E-state index is 12.3. The van der Waals surface area contributed by atoms with E-state index in [1.165, 1.54) is 18.4 Å². The van der Waals surface area contributed by atoms with Gasteiger partial charge in [-0.15, -0.1) is 0 Å². The van der Waals surface area contributed by atoms with Crippen molar-refractivity contribution in [2.75, 3.05) is 20.3 Å². The van der Waals surface area contributed by atoms with Gasteiger partial charge in [-0.3, -0.25) is 0 Å². The fourth-order valence-corrected chi connectivity index (χ4v) is 4.19. The van der Waals surface area contributed by atoms with Crippen molar-refractivity contribution in [3.8, 4) is 0 Å². The Hall–Kier alpha value is -1.16. The van der Waals surface area contributed by atoms with Crippen LogP contribution in [0.2, 0.25) is 0 Å².